The van der Waals surface area contributed by atoms with Crippen molar-refractivity contribution >= 4 is 5.91 Å². The summed E-state index contributed by atoms with van der Waals surface area (Å²) in [4.78, 5) is 11.8. The van der Waals surface area contributed by atoms with E-state index in [0.717, 1.165) is 32.5 Å². The average molecular weight is 226 g/mol. The third-order valence-electron chi connectivity index (χ3n) is 3.67. The molecule has 2 fully saturated rings. The van der Waals surface area contributed by atoms with Gasteiger partial charge in [-0.3, -0.25) is 4.79 Å². The molecule has 0 aromatic carbocycles. The highest BCUT2D eigenvalue weighted by molar-refractivity contribution is 5.79. The van der Waals surface area contributed by atoms with E-state index in [9.17, 15) is 4.79 Å². The van der Waals surface area contributed by atoms with Crippen molar-refractivity contribution in [2.24, 2.45) is 5.92 Å². The van der Waals surface area contributed by atoms with E-state index in [-0.39, 0.29) is 17.9 Å². The highest BCUT2D eigenvalue weighted by Gasteiger charge is 2.30. The minimum absolute atomic E-state index is 0.0662. The van der Waals surface area contributed by atoms with E-state index in [2.05, 4.69) is 10.6 Å². The van der Waals surface area contributed by atoms with Gasteiger partial charge in [0.05, 0.1) is 12.0 Å². The van der Waals surface area contributed by atoms with Gasteiger partial charge in [-0.25, -0.2) is 0 Å². The topological polar surface area (TPSA) is 50.4 Å². The summed E-state index contributed by atoms with van der Waals surface area (Å²) in [7, 11) is 0. The molecule has 0 aliphatic carbocycles. The van der Waals surface area contributed by atoms with E-state index in [1.807, 2.05) is 6.92 Å². The maximum absolute atomic E-state index is 11.8. The van der Waals surface area contributed by atoms with Crippen molar-refractivity contribution in [3.63, 3.8) is 0 Å². The number of rotatable bonds is 4. The van der Waals surface area contributed by atoms with Gasteiger partial charge in [0.25, 0.3) is 0 Å². The zero-order chi connectivity index (χ0) is 11.4. The molecule has 4 heteroatoms. The maximum atomic E-state index is 11.8. The Kier molecular flexibility index (Phi) is 4.18. The lowest BCUT2D eigenvalue weighted by Crippen LogP contribution is -2.36. The highest BCUT2D eigenvalue weighted by Crippen LogP contribution is 2.20. The molecule has 1 amide bonds. The van der Waals surface area contributed by atoms with Crippen LogP contribution in [0.5, 0.6) is 0 Å². The van der Waals surface area contributed by atoms with Crippen molar-refractivity contribution < 1.29 is 9.53 Å². The van der Waals surface area contributed by atoms with Crippen LogP contribution >= 0.6 is 0 Å². The van der Waals surface area contributed by atoms with Gasteiger partial charge in [-0.15, -0.1) is 0 Å². The summed E-state index contributed by atoms with van der Waals surface area (Å²) < 4.78 is 5.39. The summed E-state index contributed by atoms with van der Waals surface area (Å²) in [6.07, 6.45) is 4.53. The number of hydrogen-bond acceptors (Lipinski definition) is 3. The van der Waals surface area contributed by atoms with E-state index >= 15 is 0 Å². The maximum Gasteiger partial charge on any atom is 0.225 e. The van der Waals surface area contributed by atoms with E-state index < -0.39 is 0 Å². The smallest absolute Gasteiger partial charge is 0.225 e. The monoisotopic (exact) mass is 226 g/mol. The highest BCUT2D eigenvalue weighted by atomic mass is 16.5. The second-order valence-corrected chi connectivity index (χ2v) is 4.84. The van der Waals surface area contributed by atoms with Crippen LogP contribution in [0.3, 0.4) is 0 Å². The molecule has 2 saturated heterocycles. The molecule has 2 aliphatic rings. The fourth-order valence-corrected chi connectivity index (χ4v) is 2.58. The molecule has 16 heavy (non-hydrogen) atoms. The molecule has 2 unspecified atom stereocenters. The van der Waals surface area contributed by atoms with Crippen molar-refractivity contribution in [2.75, 3.05) is 19.7 Å². The Morgan fingerprint density at radius 2 is 2.38 bits per heavy atom. The first-order chi connectivity index (χ1) is 7.77. The fraction of sp³-hybridized carbons (Fsp3) is 0.917. The molecule has 2 rings (SSSR count). The van der Waals surface area contributed by atoms with Gasteiger partial charge >= 0.3 is 0 Å². The van der Waals surface area contributed by atoms with Crippen LogP contribution in [-0.2, 0) is 9.53 Å². The Morgan fingerprint density at radius 1 is 1.50 bits per heavy atom. The van der Waals surface area contributed by atoms with Crippen LogP contribution in [0.2, 0.25) is 0 Å². The first-order valence-corrected chi connectivity index (χ1v) is 6.40. The van der Waals surface area contributed by atoms with Crippen molar-refractivity contribution in [3.8, 4) is 0 Å². The molecule has 0 aromatic rings. The van der Waals surface area contributed by atoms with Gasteiger partial charge in [0.15, 0.2) is 0 Å². The zero-order valence-corrected chi connectivity index (χ0v) is 10.00. The van der Waals surface area contributed by atoms with Crippen LogP contribution in [0.15, 0.2) is 0 Å². The summed E-state index contributed by atoms with van der Waals surface area (Å²) in [6.45, 7) is 4.63. The molecule has 2 heterocycles. The second-order valence-electron chi connectivity index (χ2n) is 4.84. The minimum Gasteiger partial charge on any atom is -0.378 e. The summed E-state index contributed by atoms with van der Waals surface area (Å²) in [6, 6.07) is 0.609. The van der Waals surface area contributed by atoms with Crippen molar-refractivity contribution in [2.45, 2.75) is 44.8 Å². The van der Waals surface area contributed by atoms with Crippen LogP contribution in [0.1, 0.15) is 32.6 Å². The summed E-state index contributed by atoms with van der Waals surface area (Å²) in [5, 5.41) is 6.46. The first-order valence-electron chi connectivity index (χ1n) is 6.40. The number of carbonyl (C=O) groups is 1. The summed E-state index contributed by atoms with van der Waals surface area (Å²) >= 11 is 0. The summed E-state index contributed by atoms with van der Waals surface area (Å²) in [5.41, 5.74) is 0. The third-order valence-corrected chi connectivity index (χ3v) is 3.67. The largest absolute Gasteiger partial charge is 0.378 e. The van der Waals surface area contributed by atoms with Crippen LogP contribution in [-0.4, -0.2) is 37.7 Å². The van der Waals surface area contributed by atoms with Gasteiger partial charge in [0, 0.05) is 19.2 Å². The van der Waals surface area contributed by atoms with Crippen molar-refractivity contribution in [1.29, 1.82) is 0 Å². The van der Waals surface area contributed by atoms with Gasteiger partial charge < -0.3 is 15.4 Å². The molecular formula is C12H22N2O2. The van der Waals surface area contributed by atoms with Gasteiger partial charge in [-0.2, -0.15) is 0 Å². The molecule has 2 aliphatic heterocycles. The molecule has 92 valence electrons. The number of amides is 1. The molecule has 0 spiro atoms. The van der Waals surface area contributed by atoms with Gasteiger partial charge in [-0.1, -0.05) is 0 Å². The van der Waals surface area contributed by atoms with E-state index in [1.54, 1.807) is 0 Å². The zero-order valence-electron chi connectivity index (χ0n) is 10.00. The second kappa shape index (κ2) is 5.64. The summed E-state index contributed by atoms with van der Waals surface area (Å²) in [5.74, 6) is 0.236. The van der Waals surface area contributed by atoms with Gasteiger partial charge in [0.2, 0.25) is 5.91 Å². The van der Waals surface area contributed by atoms with Crippen molar-refractivity contribution in [3.05, 3.63) is 0 Å². The third kappa shape index (κ3) is 2.95. The van der Waals surface area contributed by atoms with Crippen LogP contribution in [0, 0.1) is 5.92 Å². The molecular weight excluding hydrogens is 204 g/mol. The molecule has 3 atom stereocenters. The fourth-order valence-electron chi connectivity index (χ4n) is 2.58. The van der Waals surface area contributed by atoms with Crippen molar-refractivity contribution in [1.82, 2.24) is 10.6 Å². The van der Waals surface area contributed by atoms with Crippen LogP contribution < -0.4 is 10.6 Å². The Hall–Kier alpha value is -0.610. The standard InChI is InChI=1S/C12H22N2O2/c1-9-11(5-8-16-9)12(15)14-7-4-10-3-2-6-13-10/h9-11,13H,2-8H2,1H3,(H,14,15)/t9?,10-,11?/m0/s1. The normalized spacial score (nSPS) is 34.2. The number of carbonyl (C=O) groups excluding carboxylic acids is 1. The van der Waals surface area contributed by atoms with Crippen LogP contribution in [0.4, 0.5) is 0 Å². The average Bonchev–Trinajstić information content (AvgIpc) is 2.88. The van der Waals surface area contributed by atoms with E-state index in [0.29, 0.717) is 6.04 Å². The molecule has 2 N–H and O–H groups in total. The van der Waals surface area contributed by atoms with Gasteiger partial charge in [-0.05, 0) is 39.2 Å². The quantitative estimate of drug-likeness (QED) is 0.741. The Bertz CT molecular complexity index is 239. The number of hydrogen-bond donors (Lipinski definition) is 2. The van der Waals surface area contributed by atoms with Gasteiger partial charge in [0.1, 0.15) is 0 Å². The lowest BCUT2D eigenvalue weighted by Gasteiger charge is -2.15. The van der Waals surface area contributed by atoms with E-state index in [4.69, 9.17) is 4.74 Å². The van der Waals surface area contributed by atoms with E-state index in [1.165, 1.54) is 12.8 Å². The number of nitrogens with one attached hydrogen (secondary N) is 2. The molecule has 0 bridgehead atoms. The lowest BCUT2D eigenvalue weighted by atomic mass is 10.0. The first kappa shape index (κ1) is 11.9. The SMILES string of the molecule is CC1OCCC1C(=O)NCC[C@@H]1CCCN1. The Morgan fingerprint density at radius 3 is 3.00 bits per heavy atom. The van der Waals surface area contributed by atoms with Crippen LogP contribution in [0.25, 0.3) is 0 Å². The number of ether oxygens (including phenoxy) is 1. The predicted octanol–water partition coefficient (Wildman–Crippen LogP) is 0.670. The molecule has 4 nitrogen and oxygen atoms in total. The minimum atomic E-state index is 0.0662. The molecule has 0 aromatic heterocycles. The predicted molar refractivity (Wildman–Crippen MR) is 62.2 cm³/mol. The molecule has 0 saturated carbocycles. The Labute approximate surface area is 97.1 Å². The Balaban J connectivity index is 1.63. The lowest BCUT2D eigenvalue weighted by molar-refractivity contribution is -0.126. The molecule has 0 radical (unpaired) electrons.